The van der Waals surface area contributed by atoms with Gasteiger partial charge in [-0.2, -0.15) is 23.2 Å². The molecule has 6 heteroatoms. The minimum absolute atomic E-state index is 0.293. The van der Waals surface area contributed by atoms with Crippen LogP contribution >= 0.6 is 23.2 Å². The molecule has 0 bridgehead atoms. The zero-order valence-electron chi connectivity index (χ0n) is 32.5. The first-order chi connectivity index (χ1) is 29.8. The van der Waals surface area contributed by atoms with Crippen LogP contribution in [0.5, 0.6) is 0 Å². The van der Waals surface area contributed by atoms with Gasteiger partial charge in [-0.1, -0.05) is 109 Å². The molecule has 10 aromatic rings. The maximum atomic E-state index is 2.50. The normalized spacial score (nSPS) is 12.5. The van der Waals surface area contributed by atoms with Gasteiger partial charge in [-0.15, -0.1) is 0 Å². The molecule has 0 aliphatic carbocycles. The first-order valence-corrected chi connectivity index (χ1v) is 22.1. The van der Waals surface area contributed by atoms with E-state index in [9.17, 15) is 0 Å². The molecule has 0 N–H and O–H groups in total. The van der Waals surface area contributed by atoms with Gasteiger partial charge >= 0.3 is 5.27 Å². The van der Waals surface area contributed by atoms with Crippen molar-refractivity contribution in [3.05, 3.63) is 218 Å². The van der Waals surface area contributed by atoms with Crippen LogP contribution in [0.3, 0.4) is 0 Å². The van der Waals surface area contributed by atoms with Gasteiger partial charge in [-0.25, -0.2) is 0 Å². The minimum atomic E-state index is 0.293. The van der Waals surface area contributed by atoms with Crippen LogP contribution < -0.4 is 15.3 Å². The Kier molecular flexibility index (Phi) is 8.46. The highest BCUT2D eigenvalue weighted by atomic mass is 32.2. The summed E-state index contributed by atoms with van der Waals surface area (Å²) in [4.78, 5) is 7.40. The largest absolute Gasteiger partial charge is 0.318 e. The summed E-state index contributed by atoms with van der Waals surface area (Å²) in [5.41, 5.74) is 16.9. The topological polar surface area (TPSA) is 11.4 Å². The smallest absolute Gasteiger partial charge is 0.310 e. The van der Waals surface area contributed by atoms with Gasteiger partial charge in [0.25, 0.3) is 0 Å². The Labute approximate surface area is 358 Å². The summed E-state index contributed by atoms with van der Waals surface area (Å²) in [6, 6.07) is 79.6. The lowest BCUT2D eigenvalue weighted by Gasteiger charge is -2.32. The van der Waals surface area contributed by atoms with Crippen molar-refractivity contribution < 1.29 is 0 Å². The third-order valence-corrected chi connectivity index (χ3v) is 14.5. The number of benzene rings is 9. The SMILES string of the molecule is c1ccc(N(c2ccccc2)c2ccc3c(c2)c2cc(N(c4ccccc4)c4ccccc4)ccc2n3-c2cc3c4c(c2)-c2ccccc2SB4Sc2ccccc2-3)cc1. The van der Waals surface area contributed by atoms with E-state index in [1.165, 1.54) is 59.3 Å². The minimum Gasteiger partial charge on any atom is -0.310 e. The van der Waals surface area contributed by atoms with Crippen molar-refractivity contribution in [1.82, 2.24) is 4.57 Å². The second-order valence-corrected chi connectivity index (χ2v) is 17.9. The molecule has 1 aromatic heterocycles. The van der Waals surface area contributed by atoms with Crippen molar-refractivity contribution in [1.29, 1.82) is 0 Å². The Morgan fingerprint density at radius 2 is 0.700 bits per heavy atom. The molecule has 0 amide bonds. The second kappa shape index (κ2) is 14.5. The number of anilines is 6. The van der Waals surface area contributed by atoms with E-state index in [2.05, 4.69) is 233 Å². The molecule has 0 radical (unpaired) electrons. The second-order valence-electron chi connectivity index (χ2n) is 15.3. The number of hydrogen-bond donors (Lipinski definition) is 0. The van der Waals surface area contributed by atoms with E-state index in [0.29, 0.717) is 5.27 Å². The molecule has 0 unspecified atom stereocenters. The lowest BCUT2D eigenvalue weighted by molar-refractivity contribution is 1.18. The molecule has 2 aliphatic rings. The number of fused-ring (bicyclic) bond motifs is 7. The van der Waals surface area contributed by atoms with Gasteiger partial charge in [0.15, 0.2) is 0 Å². The van der Waals surface area contributed by atoms with Gasteiger partial charge in [-0.05, 0) is 137 Å². The summed E-state index contributed by atoms with van der Waals surface area (Å²) in [6.45, 7) is 0. The van der Waals surface area contributed by atoms with E-state index in [1.54, 1.807) is 0 Å². The van der Waals surface area contributed by atoms with Crippen LogP contribution in [0.25, 0.3) is 49.7 Å². The van der Waals surface area contributed by atoms with Crippen LogP contribution in [0.1, 0.15) is 0 Å². The molecule has 2 aliphatic heterocycles. The van der Waals surface area contributed by atoms with Crippen LogP contribution in [-0.4, -0.2) is 9.84 Å². The Bertz CT molecular complexity index is 2940. The summed E-state index contributed by atoms with van der Waals surface area (Å²) >= 11 is 3.97. The molecule has 0 spiro atoms. The summed E-state index contributed by atoms with van der Waals surface area (Å²) in [7, 11) is 0. The fourth-order valence-electron chi connectivity index (χ4n) is 9.18. The molecule has 3 heterocycles. The average Bonchev–Trinajstić information content (AvgIpc) is 3.64. The van der Waals surface area contributed by atoms with Crippen LogP contribution in [0.2, 0.25) is 0 Å². The molecule has 9 aromatic carbocycles. The van der Waals surface area contributed by atoms with Gasteiger partial charge in [0.1, 0.15) is 0 Å². The highest BCUT2D eigenvalue weighted by Crippen LogP contribution is 2.51. The van der Waals surface area contributed by atoms with Crippen LogP contribution in [0, 0.1) is 0 Å². The number of para-hydroxylation sites is 4. The monoisotopic (exact) mass is 801 g/mol. The molecular formula is C54H36BN3S2. The molecule has 282 valence electrons. The lowest BCUT2D eigenvalue weighted by Crippen LogP contribution is -2.33. The molecule has 12 rings (SSSR count). The zero-order valence-corrected chi connectivity index (χ0v) is 34.2. The van der Waals surface area contributed by atoms with Crippen molar-refractivity contribution in [3.63, 3.8) is 0 Å². The first kappa shape index (κ1) is 35.1. The third-order valence-electron chi connectivity index (χ3n) is 11.8. The van der Waals surface area contributed by atoms with Gasteiger partial charge < -0.3 is 14.4 Å². The number of nitrogens with zero attached hydrogens (tertiary/aromatic N) is 3. The number of aromatic nitrogens is 1. The lowest BCUT2D eigenvalue weighted by atomic mass is 9.77. The molecular weight excluding hydrogens is 766 g/mol. The zero-order chi connectivity index (χ0) is 39.6. The van der Waals surface area contributed by atoms with Gasteiger partial charge in [-0.3, -0.25) is 0 Å². The van der Waals surface area contributed by atoms with E-state index < -0.39 is 0 Å². The van der Waals surface area contributed by atoms with E-state index in [1.807, 2.05) is 23.2 Å². The van der Waals surface area contributed by atoms with Crippen molar-refractivity contribution in [2.75, 3.05) is 9.80 Å². The van der Waals surface area contributed by atoms with Crippen molar-refractivity contribution in [2.24, 2.45) is 0 Å². The van der Waals surface area contributed by atoms with Gasteiger partial charge in [0.05, 0.1) is 11.0 Å². The van der Waals surface area contributed by atoms with Crippen LogP contribution in [0.4, 0.5) is 34.1 Å². The molecule has 3 nitrogen and oxygen atoms in total. The molecule has 0 atom stereocenters. The molecule has 0 saturated carbocycles. The maximum absolute atomic E-state index is 2.50. The van der Waals surface area contributed by atoms with E-state index >= 15 is 0 Å². The molecule has 0 fully saturated rings. The van der Waals surface area contributed by atoms with E-state index in [0.717, 1.165) is 39.8 Å². The highest BCUT2D eigenvalue weighted by molar-refractivity contribution is 8.56. The number of hydrogen-bond acceptors (Lipinski definition) is 4. The quantitative estimate of drug-likeness (QED) is 0.149. The van der Waals surface area contributed by atoms with Crippen molar-refractivity contribution >= 4 is 89.9 Å². The Morgan fingerprint density at radius 1 is 0.333 bits per heavy atom. The summed E-state index contributed by atoms with van der Waals surface area (Å²) < 4.78 is 2.50. The highest BCUT2D eigenvalue weighted by Gasteiger charge is 2.37. The third kappa shape index (κ3) is 5.78. The predicted molar refractivity (Wildman–Crippen MR) is 258 cm³/mol. The van der Waals surface area contributed by atoms with Gasteiger partial charge in [0.2, 0.25) is 0 Å². The fourth-order valence-corrected chi connectivity index (χ4v) is 12.1. The fraction of sp³-hybridized carbons (Fsp3) is 0. The Balaban J connectivity index is 1.15. The standard InChI is InChI=1S/C54H36BN3S2/c1-5-17-37(18-6-1)56(38-19-7-2-8-20-38)41-29-31-50-46(33-41)47-34-42(57(39-21-9-3-10-22-39)40-23-11-4-12-24-40)30-32-51(47)58(50)43-35-48-44-25-13-15-27-52(44)59-55-54(48)49(36-43)45-26-14-16-28-53(45)60-55/h1-36H. The maximum Gasteiger partial charge on any atom is 0.318 e. The van der Waals surface area contributed by atoms with E-state index in [4.69, 9.17) is 0 Å². The van der Waals surface area contributed by atoms with E-state index in [-0.39, 0.29) is 0 Å². The average molecular weight is 802 g/mol. The Morgan fingerprint density at radius 3 is 1.10 bits per heavy atom. The molecule has 0 saturated heterocycles. The van der Waals surface area contributed by atoms with Crippen molar-refractivity contribution in [2.45, 2.75) is 9.79 Å². The van der Waals surface area contributed by atoms with Crippen molar-refractivity contribution in [3.8, 4) is 27.9 Å². The summed E-state index contributed by atoms with van der Waals surface area (Å²) in [5.74, 6) is 0. The Hall–Kier alpha value is -6.86. The predicted octanol–water partition coefficient (Wildman–Crippen LogP) is 15.0. The van der Waals surface area contributed by atoms with Crippen LogP contribution in [-0.2, 0) is 0 Å². The first-order valence-electron chi connectivity index (χ1n) is 20.4. The summed E-state index contributed by atoms with van der Waals surface area (Å²) in [6.07, 6.45) is 0. The van der Waals surface area contributed by atoms with Gasteiger partial charge in [0, 0.05) is 60.4 Å². The van der Waals surface area contributed by atoms with Crippen LogP contribution in [0.15, 0.2) is 228 Å². The number of rotatable bonds is 7. The summed E-state index contributed by atoms with van der Waals surface area (Å²) in [5, 5.41) is 2.68. The molecule has 60 heavy (non-hydrogen) atoms.